The molecule has 3 fully saturated rings. The average molecular weight is 471 g/mol. The molecule has 3 aliphatic rings. The molecule has 3 heterocycles. The van der Waals surface area contributed by atoms with Crippen LogP contribution in [0, 0.1) is 11.8 Å². The molecule has 0 bridgehead atoms. The lowest BCUT2D eigenvalue weighted by Crippen LogP contribution is -2.52. The van der Waals surface area contributed by atoms with Gasteiger partial charge in [0, 0.05) is 49.9 Å². The number of ketones is 1. The molecule has 8 heteroatoms. The minimum absolute atomic E-state index is 0.0385. The van der Waals surface area contributed by atoms with Crippen molar-refractivity contribution in [2.45, 2.75) is 51.8 Å². The van der Waals surface area contributed by atoms with Crippen LogP contribution in [0.5, 0.6) is 0 Å². The number of Topliss-reactive ketones (excluding diaryl/α,β-unsaturated/α-hetero) is 1. The van der Waals surface area contributed by atoms with E-state index >= 15 is 0 Å². The van der Waals surface area contributed by atoms with Crippen LogP contribution in [-0.4, -0.2) is 92.0 Å². The summed E-state index contributed by atoms with van der Waals surface area (Å²) in [6.45, 7) is 10.7. The van der Waals surface area contributed by atoms with Crippen molar-refractivity contribution in [3.8, 4) is 0 Å². The molecule has 34 heavy (non-hydrogen) atoms. The number of amides is 2. The van der Waals surface area contributed by atoms with Crippen LogP contribution in [0.2, 0.25) is 0 Å². The van der Waals surface area contributed by atoms with Gasteiger partial charge in [-0.05, 0) is 50.1 Å². The third-order valence-corrected chi connectivity index (χ3v) is 7.41. The number of nitrogens with zero attached hydrogens (tertiary/aromatic N) is 3. The highest BCUT2D eigenvalue weighted by atomic mass is 16.5. The summed E-state index contributed by atoms with van der Waals surface area (Å²) >= 11 is 0. The number of ether oxygens (including phenoxy) is 1. The molecule has 4 atom stereocenters. The van der Waals surface area contributed by atoms with Crippen molar-refractivity contribution in [3.63, 3.8) is 0 Å². The third-order valence-electron chi connectivity index (χ3n) is 7.41. The van der Waals surface area contributed by atoms with Crippen LogP contribution in [-0.2, 0) is 14.3 Å². The zero-order chi connectivity index (χ0) is 24.4. The molecule has 3 aliphatic heterocycles. The Balaban J connectivity index is 1.45. The number of benzene rings is 1. The number of likely N-dealkylation sites (tertiary alicyclic amines) is 1. The van der Waals surface area contributed by atoms with Crippen molar-refractivity contribution in [1.29, 1.82) is 0 Å². The highest BCUT2D eigenvalue weighted by molar-refractivity contribution is 5.99. The van der Waals surface area contributed by atoms with Crippen LogP contribution in [0.1, 0.15) is 44.0 Å². The first-order chi connectivity index (χ1) is 16.3. The summed E-state index contributed by atoms with van der Waals surface area (Å²) in [6, 6.07) is 6.41. The zero-order valence-corrected chi connectivity index (χ0v) is 20.8. The van der Waals surface area contributed by atoms with Crippen molar-refractivity contribution in [3.05, 3.63) is 29.8 Å². The maximum absolute atomic E-state index is 13.6. The van der Waals surface area contributed by atoms with Gasteiger partial charge in [-0.3, -0.25) is 14.4 Å². The number of likely N-dealkylation sites (N-methyl/N-ethyl adjacent to an activating group) is 1. The van der Waals surface area contributed by atoms with E-state index in [1.165, 1.54) is 0 Å². The van der Waals surface area contributed by atoms with E-state index in [0.717, 1.165) is 38.3 Å². The van der Waals surface area contributed by atoms with Gasteiger partial charge in [0.1, 0.15) is 18.7 Å². The molecule has 0 saturated carbocycles. The fourth-order valence-corrected chi connectivity index (χ4v) is 5.36. The van der Waals surface area contributed by atoms with Crippen LogP contribution in [0.25, 0.3) is 0 Å². The summed E-state index contributed by atoms with van der Waals surface area (Å²) < 4.78 is 5.71. The summed E-state index contributed by atoms with van der Waals surface area (Å²) in [7, 11) is 2.12. The van der Waals surface area contributed by atoms with E-state index in [1.54, 1.807) is 4.90 Å². The molecule has 0 aromatic heterocycles. The van der Waals surface area contributed by atoms with Crippen molar-refractivity contribution >= 4 is 23.3 Å². The lowest BCUT2D eigenvalue weighted by Gasteiger charge is -2.34. The lowest BCUT2D eigenvalue weighted by atomic mass is 9.99. The predicted octanol–water partition coefficient (Wildman–Crippen LogP) is 1.79. The first-order valence-corrected chi connectivity index (χ1v) is 12.6. The van der Waals surface area contributed by atoms with Gasteiger partial charge in [0.15, 0.2) is 5.78 Å². The second-order valence-electron chi connectivity index (χ2n) is 10.3. The van der Waals surface area contributed by atoms with E-state index in [4.69, 9.17) is 4.74 Å². The molecule has 0 aliphatic carbocycles. The molecule has 8 nitrogen and oxygen atoms in total. The second kappa shape index (κ2) is 10.4. The molecule has 0 unspecified atom stereocenters. The molecule has 3 saturated heterocycles. The molecule has 1 N–H and O–H groups in total. The van der Waals surface area contributed by atoms with Gasteiger partial charge < -0.3 is 24.8 Å². The van der Waals surface area contributed by atoms with Gasteiger partial charge in [-0.25, -0.2) is 0 Å². The Hall–Kier alpha value is -2.45. The standard InChI is InChI=1S/C26H38N4O4/c1-5-18-15-30(23-22(31)16-34-24(18)23)26(33)21(14-17(2)3)27-25(32)19-6-8-20(9-7-19)29-12-10-28(4)11-13-29/h6-9,17-18,21,23-24H,5,10-16H2,1-4H3,(H,27,32)/t18-,21-,23+,24+/m0/s1. The summed E-state index contributed by atoms with van der Waals surface area (Å²) in [4.78, 5) is 45.5. The Kier molecular flexibility index (Phi) is 7.57. The highest BCUT2D eigenvalue weighted by Gasteiger charge is 2.52. The normalized spacial score (nSPS) is 26.1. The van der Waals surface area contributed by atoms with E-state index in [2.05, 4.69) is 29.1 Å². The number of fused-ring (bicyclic) bond motifs is 1. The third kappa shape index (κ3) is 5.13. The van der Waals surface area contributed by atoms with Gasteiger partial charge in [-0.2, -0.15) is 0 Å². The Morgan fingerprint density at radius 3 is 2.41 bits per heavy atom. The molecule has 186 valence electrons. The van der Waals surface area contributed by atoms with Crippen molar-refractivity contribution in [1.82, 2.24) is 15.1 Å². The van der Waals surface area contributed by atoms with Crippen LogP contribution in [0.3, 0.4) is 0 Å². The number of anilines is 1. The summed E-state index contributed by atoms with van der Waals surface area (Å²) in [5, 5.41) is 2.97. The zero-order valence-electron chi connectivity index (χ0n) is 20.8. The Morgan fingerprint density at radius 2 is 1.79 bits per heavy atom. The van der Waals surface area contributed by atoms with E-state index < -0.39 is 12.1 Å². The molecule has 0 radical (unpaired) electrons. The van der Waals surface area contributed by atoms with E-state index in [0.29, 0.717) is 18.5 Å². The largest absolute Gasteiger partial charge is 0.369 e. The van der Waals surface area contributed by atoms with Crippen LogP contribution >= 0.6 is 0 Å². The lowest BCUT2D eigenvalue weighted by molar-refractivity contribution is -0.138. The SMILES string of the molecule is CC[C@H]1CN(C(=O)[C@H](CC(C)C)NC(=O)c2ccc(N3CCN(C)CC3)cc2)[C@@H]2C(=O)CO[C@H]12. The van der Waals surface area contributed by atoms with Gasteiger partial charge in [0.2, 0.25) is 5.91 Å². The highest BCUT2D eigenvalue weighted by Crippen LogP contribution is 2.34. The van der Waals surface area contributed by atoms with E-state index in [-0.39, 0.29) is 42.1 Å². The molecular formula is C26H38N4O4. The molecule has 1 aromatic carbocycles. The van der Waals surface area contributed by atoms with Gasteiger partial charge in [0.05, 0.1) is 6.10 Å². The number of hydrogen-bond acceptors (Lipinski definition) is 6. The quantitative estimate of drug-likeness (QED) is 0.654. The molecule has 2 amide bonds. The van der Waals surface area contributed by atoms with Gasteiger partial charge in [-0.15, -0.1) is 0 Å². The van der Waals surface area contributed by atoms with Crippen LogP contribution in [0.15, 0.2) is 24.3 Å². The number of hydrogen-bond donors (Lipinski definition) is 1. The van der Waals surface area contributed by atoms with Crippen molar-refractivity contribution < 1.29 is 19.1 Å². The minimum atomic E-state index is -0.672. The summed E-state index contributed by atoms with van der Waals surface area (Å²) in [5.74, 6) is -0.118. The Labute approximate surface area is 202 Å². The smallest absolute Gasteiger partial charge is 0.251 e. The topological polar surface area (TPSA) is 82.2 Å². The van der Waals surface area contributed by atoms with Crippen molar-refractivity contribution in [2.24, 2.45) is 11.8 Å². The van der Waals surface area contributed by atoms with Gasteiger partial charge in [0.25, 0.3) is 5.91 Å². The van der Waals surface area contributed by atoms with E-state index in [1.807, 2.05) is 38.1 Å². The molecule has 0 spiro atoms. The Bertz CT molecular complexity index is 895. The fraction of sp³-hybridized carbons (Fsp3) is 0.654. The average Bonchev–Trinajstić information content (AvgIpc) is 3.39. The summed E-state index contributed by atoms with van der Waals surface area (Å²) in [6.07, 6.45) is 1.14. The van der Waals surface area contributed by atoms with Crippen molar-refractivity contribution in [2.75, 3.05) is 51.3 Å². The van der Waals surface area contributed by atoms with E-state index in [9.17, 15) is 14.4 Å². The first kappa shape index (κ1) is 24.7. The molecule has 1 aromatic rings. The first-order valence-electron chi connectivity index (χ1n) is 12.6. The monoisotopic (exact) mass is 470 g/mol. The minimum Gasteiger partial charge on any atom is -0.369 e. The molecular weight excluding hydrogens is 432 g/mol. The van der Waals surface area contributed by atoms with Crippen LogP contribution < -0.4 is 10.2 Å². The Morgan fingerprint density at radius 1 is 1.12 bits per heavy atom. The summed E-state index contributed by atoms with van der Waals surface area (Å²) in [5.41, 5.74) is 1.64. The number of rotatable bonds is 7. The number of piperazine rings is 1. The maximum atomic E-state index is 13.6. The predicted molar refractivity (Wildman–Crippen MR) is 131 cm³/mol. The second-order valence-corrected chi connectivity index (χ2v) is 10.3. The number of nitrogens with one attached hydrogen (secondary N) is 1. The fourth-order valence-electron chi connectivity index (χ4n) is 5.36. The maximum Gasteiger partial charge on any atom is 0.251 e. The van der Waals surface area contributed by atoms with Gasteiger partial charge >= 0.3 is 0 Å². The number of carbonyl (C=O) groups is 3. The number of carbonyl (C=O) groups excluding carboxylic acids is 3. The molecule has 4 rings (SSSR count). The van der Waals surface area contributed by atoms with Crippen LogP contribution in [0.4, 0.5) is 5.69 Å². The van der Waals surface area contributed by atoms with Gasteiger partial charge in [-0.1, -0.05) is 20.8 Å².